The van der Waals surface area contributed by atoms with Crippen LogP contribution in [0.5, 0.6) is 5.75 Å². The average molecular weight is 342 g/mol. The van der Waals surface area contributed by atoms with E-state index in [4.69, 9.17) is 4.74 Å². The van der Waals surface area contributed by atoms with Crippen molar-refractivity contribution < 1.29 is 4.74 Å². The fourth-order valence-corrected chi connectivity index (χ4v) is 2.74. The molecule has 1 N–H and O–H groups in total. The molecule has 0 spiro atoms. The number of ether oxygens (including phenoxy) is 1. The topological polar surface area (TPSA) is 21.3 Å². The van der Waals surface area contributed by atoms with E-state index < -0.39 is 0 Å². The van der Waals surface area contributed by atoms with Crippen molar-refractivity contribution in [2.24, 2.45) is 0 Å². The van der Waals surface area contributed by atoms with Crippen LogP contribution in [0.1, 0.15) is 5.56 Å². The van der Waals surface area contributed by atoms with Gasteiger partial charge in [0.05, 0.1) is 7.11 Å². The van der Waals surface area contributed by atoms with Gasteiger partial charge in [0.2, 0.25) is 0 Å². The Morgan fingerprint density at radius 3 is 2.52 bits per heavy atom. The number of hydrogen-bond donors (Lipinski definition) is 1. The normalized spacial score (nSPS) is 10.6. The lowest BCUT2D eigenvalue weighted by molar-refractivity contribution is 0.415. The van der Waals surface area contributed by atoms with Crippen LogP contribution in [0.25, 0.3) is 10.8 Å². The van der Waals surface area contributed by atoms with Crippen LogP contribution in [0.3, 0.4) is 0 Å². The van der Waals surface area contributed by atoms with Gasteiger partial charge in [0.1, 0.15) is 5.75 Å². The number of para-hydroxylation sites is 1. The van der Waals surface area contributed by atoms with Crippen LogP contribution in [0.15, 0.2) is 65.1 Å². The number of methoxy groups -OCH3 is 1. The van der Waals surface area contributed by atoms with Crippen molar-refractivity contribution in [1.82, 2.24) is 0 Å². The Kier molecular flexibility index (Phi) is 4.11. The number of fused-ring (bicyclic) bond motifs is 1. The number of benzene rings is 3. The third-order valence-electron chi connectivity index (χ3n) is 3.47. The second-order valence-corrected chi connectivity index (χ2v) is 5.74. The van der Waals surface area contributed by atoms with Crippen molar-refractivity contribution >= 4 is 32.4 Å². The van der Waals surface area contributed by atoms with Gasteiger partial charge in [-0.1, -0.05) is 30.3 Å². The lowest BCUT2D eigenvalue weighted by atomic mass is 10.1. The predicted octanol–water partition coefficient (Wildman–Crippen LogP) is 5.22. The summed E-state index contributed by atoms with van der Waals surface area (Å²) in [6.45, 7) is 0.796. The van der Waals surface area contributed by atoms with Crippen LogP contribution in [-0.2, 0) is 6.54 Å². The molecule has 0 bridgehead atoms. The van der Waals surface area contributed by atoms with Crippen molar-refractivity contribution in [2.45, 2.75) is 6.54 Å². The lowest BCUT2D eigenvalue weighted by Gasteiger charge is -2.09. The highest BCUT2D eigenvalue weighted by molar-refractivity contribution is 9.10. The van der Waals surface area contributed by atoms with E-state index in [9.17, 15) is 0 Å². The number of rotatable bonds is 4. The zero-order valence-electron chi connectivity index (χ0n) is 11.8. The van der Waals surface area contributed by atoms with Gasteiger partial charge in [0.25, 0.3) is 0 Å². The number of anilines is 1. The van der Waals surface area contributed by atoms with Crippen LogP contribution in [0.4, 0.5) is 5.69 Å². The highest BCUT2D eigenvalue weighted by atomic mass is 79.9. The van der Waals surface area contributed by atoms with E-state index in [0.29, 0.717) is 0 Å². The summed E-state index contributed by atoms with van der Waals surface area (Å²) in [6, 6.07) is 20.8. The Hall–Kier alpha value is -2.00. The fourth-order valence-electron chi connectivity index (χ4n) is 2.31. The average Bonchev–Trinajstić information content (AvgIpc) is 2.53. The molecule has 0 fully saturated rings. The molecule has 3 aromatic rings. The highest BCUT2D eigenvalue weighted by Gasteiger charge is 2.01. The summed E-state index contributed by atoms with van der Waals surface area (Å²) >= 11 is 3.55. The van der Waals surface area contributed by atoms with E-state index in [1.54, 1.807) is 7.11 Å². The lowest BCUT2D eigenvalue weighted by Crippen LogP contribution is -1.99. The van der Waals surface area contributed by atoms with Crippen LogP contribution in [0.2, 0.25) is 0 Å². The highest BCUT2D eigenvalue weighted by Crippen LogP contribution is 2.24. The summed E-state index contributed by atoms with van der Waals surface area (Å²) in [7, 11) is 1.69. The molecular formula is C18H16BrNO. The van der Waals surface area contributed by atoms with Crippen molar-refractivity contribution in [1.29, 1.82) is 0 Å². The van der Waals surface area contributed by atoms with E-state index in [-0.39, 0.29) is 0 Å². The minimum atomic E-state index is 0.796. The van der Waals surface area contributed by atoms with Gasteiger partial charge in [-0.3, -0.25) is 0 Å². The van der Waals surface area contributed by atoms with Crippen molar-refractivity contribution in [3.05, 3.63) is 70.7 Å². The second-order valence-electron chi connectivity index (χ2n) is 4.88. The fraction of sp³-hybridized carbons (Fsp3) is 0.111. The van der Waals surface area contributed by atoms with Crippen LogP contribution in [0, 0.1) is 0 Å². The SMILES string of the molecule is COc1ccc2cc(CNc3ccccc3Br)ccc2c1. The van der Waals surface area contributed by atoms with E-state index in [0.717, 1.165) is 22.5 Å². The third-order valence-corrected chi connectivity index (χ3v) is 4.16. The molecule has 2 nitrogen and oxygen atoms in total. The minimum absolute atomic E-state index is 0.796. The molecule has 0 aromatic heterocycles. The van der Waals surface area contributed by atoms with E-state index in [1.807, 2.05) is 24.3 Å². The summed E-state index contributed by atoms with van der Waals surface area (Å²) < 4.78 is 6.33. The molecule has 0 aliphatic rings. The maximum atomic E-state index is 5.25. The molecule has 0 aliphatic carbocycles. The number of hydrogen-bond acceptors (Lipinski definition) is 2. The Balaban J connectivity index is 1.80. The zero-order chi connectivity index (χ0) is 14.7. The van der Waals surface area contributed by atoms with Gasteiger partial charge in [-0.05, 0) is 62.6 Å². The smallest absolute Gasteiger partial charge is 0.119 e. The molecule has 3 aromatic carbocycles. The first-order valence-electron chi connectivity index (χ1n) is 6.81. The van der Waals surface area contributed by atoms with Gasteiger partial charge in [-0.15, -0.1) is 0 Å². The zero-order valence-corrected chi connectivity index (χ0v) is 13.4. The number of halogens is 1. The molecule has 0 radical (unpaired) electrons. The van der Waals surface area contributed by atoms with Gasteiger partial charge in [0, 0.05) is 16.7 Å². The Morgan fingerprint density at radius 2 is 1.71 bits per heavy atom. The predicted molar refractivity (Wildman–Crippen MR) is 92.0 cm³/mol. The van der Waals surface area contributed by atoms with Crippen LogP contribution >= 0.6 is 15.9 Å². The molecule has 3 heteroatoms. The molecule has 0 atom stereocenters. The first-order chi connectivity index (χ1) is 10.3. The second kappa shape index (κ2) is 6.19. The van der Waals surface area contributed by atoms with E-state index >= 15 is 0 Å². The van der Waals surface area contributed by atoms with Gasteiger partial charge in [-0.2, -0.15) is 0 Å². The van der Waals surface area contributed by atoms with E-state index in [2.05, 4.69) is 57.6 Å². The van der Waals surface area contributed by atoms with Gasteiger partial charge in [-0.25, -0.2) is 0 Å². The Bertz CT molecular complexity index is 770. The molecule has 21 heavy (non-hydrogen) atoms. The van der Waals surface area contributed by atoms with E-state index in [1.165, 1.54) is 16.3 Å². The molecule has 0 saturated carbocycles. The number of nitrogens with one attached hydrogen (secondary N) is 1. The Labute approximate surface area is 132 Å². The van der Waals surface area contributed by atoms with Crippen molar-refractivity contribution in [3.8, 4) is 5.75 Å². The summed E-state index contributed by atoms with van der Waals surface area (Å²) in [5, 5.41) is 5.86. The van der Waals surface area contributed by atoms with Crippen molar-refractivity contribution in [2.75, 3.05) is 12.4 Å². The molecule has 106 valence electrons. The summed E-state index contributed by atoms with van der Waals surface area (Å²) in [4.78, 5) is 0. The summed E-state index contributed by atoms with van der Waals surface area (Å²) in [5.41, 5.74) is 2.36. The minimum Gasteiger partial charge on any atom is -0.497 e. The largest absolute Gasteiger partial charge is 0.497 e. The summed E-state index contributed by atoms with van der Waals surface area (Å²) in [6.07, 6.45) is 0. The quantitative estimate of drug-likeness (QED) is 0.702. The van der Waals surface area contributed by atoms with Gasteiger partial charge < -0.3 is 10.1 Å². The first kappa shape index (κ1) is 14.0. The third kappa shape index (κ3) is 3.19. The van der Waals surface area contributed by atoms with Gasteiger partial charge >= 0.3 is 0 Å². The van der Waals surface area contributed by atoms with Gasteiger partial charge in [0.15, 0.2) is 0 Å². The van der Waals surface area contributed by atoms with Crippen LogP contribution in [-0.4, -0.2) is 7.11 Å². The monoisotopic (exact) mass is 341 g/mol. The summed E-state index contributed by atoms with van der Waals surface area (Å²) in [5.74, 6) is 0.890. The van der Waals surface area contributed by atoms with Crippen molar-refractivity contribution in [3.63, 3.8) is 0 Å². The molecule has 0 saturated heterocycles. The first-order valence-corrected chi connectivity index (χ1v) is 7.60. The molecule has 0 unspecified atom stereocenters. The maximum Gasteiger partial charge on any atom is 0.119 e. The standard InChI is InChI=1S/C18H16BrNO/c1-21-16-9-8-14-10-13(6-7-15(14)11-16)12-20-18-5-3-2-4-17(18)19/h2-11,20H,12H2,1H3. The maximum absolute atomic E-state index is 5.25. The Morgan fingerprint density at radius 1 is 0.952 bits per heavy atom. The molecule has 0 aliphatic heterocycles. The van der Waals surface area contributed by atoms with Crippen LogP contribution < -0.4 is 10.1 Å². The molecular weight excluding hydrogens is 326 g/mol. The molecule has 0 amide bonds. The molecule has 0 heterocycles. The molecule has 3 rings (SSSR count).